The maximum atomic E-state index is 12.6. The van der Waals surface area contributed by atoms with E-state index in [9.17, 15) is 4.79 Å². The van der Waals surface area contributed by atoms with Crippen LogP contribution in [0.25, 0.3) is 0 Å². The lowest BCUT2D eigenvalue weighted by molar-refractivity contribution is -0.169. The van der Waals surface area contributed by atoms with Crippen molar-refractivity contribution in [3.63, 3.8) is 0 Å². The highest BCUT2D eigenvalue weighted by Gasteiger charge is 2.40. The van der Waals surface area contributed by atoms with Crippen molar-refractivity contribution in [3.8, 4) is 0 Å². The van der Waals surface area contributed by atoms with Crippen molar-refractivity contribution in [1.29, 1.82) is 0 Å². The van der Waals surface area contributed by atoms with Crippen LogP contribution >= 0.6 is 11.6 Å². The molecule has 0 aliphatic carbocycles. The van der Waals surface area contributed by atoms with E-state index in [1.54, 1.807) is 30.3 Å². The Balaban J connectivity index is 1.49. The lowest BCUT2D eigenvalue weighted by Gasteiger charge is -2.37. The minimum atomic E-state index is -0.451. The van der Waals surface area contributed by atoms with E-state index < -0.39 is 5.79 Å². The standard InChI is InChI=1S/C19H21ClN4O3/c1-13-11-16(17(25)22-15-4-2-3-14(20)12-15)23-18(21-13)24-7-5-19(6-8-24)26-9-10-27-19/h2-4,11-12H,5-10H2,1H3,(H,22,25). The van der Waals surface area contributed by atoms with Gasteiger partial charge in [-0.1, -0.05) is 17.7 Å². The van der Waals surface area contributed by atoms with Crippen LogP contribution in [0.1, 0.15) is 29.0 Å². The van der Waals surface area contributed by atoms with Gasteiger partial charge in [0.1, 0.15) is 5.69 Å². The van der Waals surface area contributed by atoms with E-state index in [4.69, 9.17) is 21.1 Å². The fourth-order valence-electron chi connectivity index (χ4n) is 3.41. The van der Waals surface area contributed by atoms with Crippen LogP contribution in [0.3, 0.4) is 0 Å². The van der Waals surface area contributed by atoms with Crippen molar-refractivity contribution in [3.05, 3.63) is 46.7 Å². The summed E-state index contributed by atoms with van der Waals surface area (Å²) in [5.74, 6) is -0.188. The first-order valence-electron chi connectivity index (χ1n) is 8.99. The van der Waals surface area contributed by atoms with Gasteiger partial charge in [-0.25, -0.2) is 9.97 Å². The molecule has 27 heavy (non-hydrogen) atoms. The number of anilines is 2. The van der Waals surface area contributed by atoms with Gasteiger partial charge in [0, 0.05) is 42.3 Å². The smallest absolute Gasteiger partial charge is 0.274 e. The molecule has 1 aromatic heterocycles. The highest BCUT2D eigenvalue weighted by molar-refractivity contribution is 6.30. The molecular weight excluding hydrogens is 368 g/mol. The molecule has 7 nitrogen and oxygen atoms in total. The number of nitrogens with zero attached hydrogens (tertiary/aromatic N) is 3. The van der Waals surface area contributed by atoms with E-state index in [1.165, 1.54) is 0 Å². The molecule has 1 amide bonds. The zero-order valence-corrected chi connectivity index (χ0v) is 15.8. The molecular formula is C19H21ClN4O3. The number of aromatic nitrogens is 2. The first kappa shape index (κ1) is 18.2. The Bertz CT molecular complexity index is 845. The summed E-state index contributed by atoms with van der Waals surface area (Å²) in [6.45, 7) is 4.59. The van der Waals surface area contributed by atoms with Crippen LogP contribution in [-0.4, -0.2) is 48.0 Å². The van der Waals surface area contributed by atoms with Crippen LogP contribution in [0, 0.1) is 6.92 Å². The largest absolute Gasteiger partial charge is 0.347 e. The average Bonchev–Trinajstić information content (AvgIpc) is 3.10. The maximum absolute atomic E-state index is 12.6. The monoisotopic (exact) mass is 388 g/mol. The van der Waals surface area contributed by atoms with Crippen LogP contribution in [0.2, 0.25) is 5.02 Å². The second-order valence-corrected chi connectivity index (χ2v) is 7.19. The Morgan fingerprint density at radius 1 is 1.19 bits per heavy atom. The predicted molar refractivity (Wildman–Crippen MR) is 102 cm³/mol. The van der Waals surface area contributed by atoms with Crippen LogP contribution in [0.4, 0.5) is 11.6 Å². The van der Waals surface area contributed by atoms with Gasteiger partial charge in [0.2, 0.25) is 5.95 Å². The summed E-state index contributed by atoms with van der Waals surface area (Å²) in [7, 11) is 0. The second-order valence-electron chi connectivity index (χ2n) is 6.75. The zero-order valence-electron chi connectivity index (χ0n) is 15.1. The number of carbonyl (C=O) groups excluding carboxylic acids is 1. The van der Waals surface area contributed by atoms with Gasteiger partial charge >= 0.3 is 0 Å². The molecule has 3 heterocycles. The molecule has 2 aromatic rings. The molecule has 2 fully saturated rings. The number of rotatable bonds is 3. The summed E-state index contributed by atoms with van der Waals surface area (Å²) in [6.07, 6.45) is 1.52. The molecule has 2 aliphatic heterocycles. The second kappa shape index (κ2) is 7.42. The van der Waals surface area contributed by atoms with Gasteiger partial charge in [0.25, 0.3) is 5.91 Å². The van der Waals surface area contributed by atoms with Crippen LogP contribution < -0.4 is 10.2 Å². The quantitative estimate of drug-likeness (QED) is 0.870. The Kier molecular flexibility index (Phi) is 4.99. The maximum Gasteiger partial charge on any atom is 0.274 e. The van der Waals surface area contributed by atoms with Gasteiger partial charge < -0.3 is 19.7 Å². The summed E-state index contributed by atoms with van der Waals surface area (Å²) in [5, 5.41) is 3.38. The SMILES string of the molecule is Cc1cc(C(=O)Nc2cccc(Cl)c2)nc(N2CCC3(CC2)OCCO3)n1. The molecule has 0 saturated carbocycles. The Morgan fingerprint density at radius 2 is 1.93 bits per heavy atom. The number of benzene rings is 1. The summed E-state index contributed by atoms with van der Waals surface area (Å²) in [6, 6.07) is 8.69. The lowest BCUT2D eigenvalue weighted by Crippen LogP contribution is -2.45. The molecule has 1 aromatic carbocycles. The van der Waals surface area contributed by atoms with Gasteiger partial charge in [-0.05, 0) is 31.2 Å². The fraction of sp³-hybridized carbons (Fsp3) is 0.421. The minimum absolute atomic E-state index is 0.292. The number of halogens is 1. The molecule has 4 rings (SSSR count). The van der Waals surface area contributed by atoms with Crippen molar-refractivity contribution in [2.45, 2.75) is 25.6 Å². The van der Waals surface area contributed by atoms with Crippen molar-refractivity contribution < 1.29 is 14.3 Å². The number of piperidine rings is 1. The van der Waals surface area contributed by atoms with Crippen LogP contribution in [-0.2, 0) is 9.47 Å². The third-order valence-corrected chi connectivity index (χ3v) is 5.01. The summed E-state index contributed by atoms with van der Waals surface area (Å²) >= 11 is 5.97. The van der Waals surface area contributed by atoms with E-state index in [0.29, 0.717) is 35.6 Å². The third-order valence-electron chi connectivity index (χ3n) is 4.78. The summed E-state index contributed by atoms with van der Waals surface area (Å²) in [4.78, 5) is 23.7. The van der Waals surface area contributed by atoms with E-state index in [1.807, 2.05) is 6.92 Å². The fourth-order valence-corrected chi connectivity index (χ4v) is 3.60. The molecule has 2 saturated heterocycles. The van der Waals surface area contributed by atoms with E-state index in [0.717, 1.165) is 31.6 Å². The number of aryl methyl sites for hydroxylation is 1. The summed E-state index contributed by atoms with van der Waals surface area (Å²) in [5.41, 5.74) is 1.69. The molecule has 142 valence electrons. The van der Waals surface area contributed by atoms with E-state index in [2.05, 4.69) is 20.2 Å². The first-order valence-corrected chi connectivity index (χ1v) is 9.36. The molecule has 8 heteroatoms. The van der Waals surface area contributed by atoms with Crippen LogP contribution in [0.15, 0.2) is 30.3 Å². The Morgan fingerprint density at radius 3 is 2.63 bits per heavy atom. The van der Waals surface area contributed by atoms with Crippen molar-refractivity contribution in [2.75, 3.05) is 36.5 Å². The van der Waals surface area contributed by atoms with Gasteiger partial charge in [0.05, 0.1) is 13.2 Å². The van der Waals surface area contributed by atoms with Gasteiger partial charge in [-0.2, -0.15) is 0 Å². The number of amides is 1. The van der Waals surface area contributed by atoms with Crippen molar-refractivity contribution >= 4 is 29.1 Å². The van der Waals surface area contributed by atoms with Crippen molar-refractivity contribution in [2.24, 2.45) is 0 Å². The minimum Gasteiger partial charge on any atom is -0.347 e. The van der Waals surface area contributed by atoms with Gasteiger partial charge in [0.15, 0.2) is 5.79 Å². The molecule has 2 aliphatic rings. The third kappa shape index (κ3) is 4.05. The highest BCUT2D eigenvalue weighted by Crippen LogP contribution is 2.32. The normalized spacial score (nSPS) is 18.7. The zero-order chi connectivity index (χ0) is 18.9. The topological polar surface area (TPSA) is 76.6 Å². The van der Waals surface area contributed by atoms with Crippen LogP contribution in [0.5, 0.6) is 0 Å². The molecule has 1 spiro atoms. The van der Waals surface area contributed by atoms with E-state index >= 15 is 0 Å². The number of hydrogen-bond donors (Lipinski definition) is 1. The number of ether oxygens (including phenoxy) is 2. The van der Waals surface area contributed by atoms with Crippen molar-refractivity contribution in [1.82, 2.24) is 9.97 Å². The first-order chi connectivity index (χ1) is 13.0. The average molecular weight is 389 g/mol. The Labute approximate surface area is 162 Å². The number of nitrogens with one attached hydrogen (secondary N) is 1. The lowest BCUT2D eigenvalue weighted by atomic mass is 10.0. The van der Waals surface area contributed by atoms with E-state index in [-0.39, 0.29) is 5.91 Å². The van der Waals surface area contributed by atoms with Gasteiger partial charge in [-0.15, -0.1) is 0 Å². The number of carbonyl (C=O) groups is 1. The predicted octanol–water partition coefficient (Wildman–Crippen LogP) is 3.03. The molecule has 1 N–H and O–H groups in total. The summed E-state index contributed by atoms with van der Waals surface area (Å²) < 4.78 is 11.5. The molecule has 0 unspecified atom stereocenters. The molecule has 0 radical (unpaired) electrons. The van der Waals surface area contributed by atoms with Gasteiger partial charge in [-0.3, -0.25) is 4.79 Å². The molecule has 0 bridgehead atoms. The highest BCUT2D eigenvalue weighted by atomic mass is 35.5. The molecule has 0 atom stereocenters. The Hall–Kier alpha value is -2.22. The number of hydrogen-bond acceptors (Lipinski definition) is 6.